The molecular formula is C13H17NO2S. The van der Waals surface area contributed by atoms with Gasteiger partial charge in [-0.25, -0.2) is 8.42 Å². The number of hydrogen-bond donors (Lipinski definition) is 1. The summed E-state index contributed by atoms with van der Waals surface area (Å²) in [6, 6.07) is 7.10. The van der Waals surface area contributed by atoms with E-state index in [0.717, 1.165) is 5.56 Å². The second kappa shape index (κ2) is 3.43. The summed E-state index contributed by atoms with van der Waals surface area (Å²) in [6.07, 6.45) is 1.79. The third kappa shape index (κ3) is 1.55. The van der Waals surface area contributed by atoms with Crippen LogP contribution in [0.5, 0.6) is 0 Å². The maximum atomic E-state index is 12.1. The van der Waals surface area contributed by atoms with E-state index in [1.165, 1.54) is 0 Å². The molecule has 0 bridgehead atoms. The Balaban J connectivity index is 2.75. The first-order valence-corrected chi connectivity index (χ1v) is 7.00. The molecule has 17 heavy (non-hydrogen) atoms. The number of sulfonamides is 1. The summed E-state index contributed by atoms with van der Waals surface area (Å²) >= 11 is 0. The number of rotatable bonds is 2. The Labute approximate surface area is 103 Å². The Morgan fingerprint density at radius 2 is 1.94 bits per heavy atom. The monoisotopic (exact) mass is 251 g/mol. The van der Waals surface area contributed by atoms with Crippen molar-refractivity contribution in [1.29, 1.82) is 0 Å². The molecule has 0 aliphatic carbocycles. The normalized spacial score (nSPS) is 26.5. The zero-order valence-corrected chi connectivity index (χ0v) is 11.1. The van der Waals surface area contributed by atoms with Gasteiger partial charge in [-0.3, -0.25) is 0 Å². The van der Waals surface area contributed by atoms with E-state index in [0.29, 0.717) is 4.90 Å². The van der Waals surface area contributed by atoms with E-state index in [1.807, 2.05) is 32.9 Å². The predicted molar refractivity (Wildman–Crippen MR) is 68.1 cm³/mol. The number of nitrogens with one attached hydrogen (secondary N) is 1. The molecule has 1 aliphatic heterocycles. The van der Waals surface area contributed by atoms with E-state index in [1.54, 1.807) is 18.2 Å². The number of hydrogen-bond acceptors (Lipinski definition) is 2. The molecule has 1 aromatic rings. The lowest BCUT2D eigenvalue weighted by atomic mass is 9.70. The molecule has 92 valence electrons. The van der Waals surface area contributed by atoms with Gasteiger partial charge in [0, 0.05) is 5.41 Å². The van der Waals surface area contributed by atoms with Crippen LogP contribution in [0.15, 0.2) is 41.8 Å². The fourth-order valence-electron chi connectivity index (χ4n) is 2.18. The van der Waals surface area contributed by atoms with Gasteiger partial charge < -0.3 is 0 Å². The lowest BCUT2D eigenvalue weighted by molar-refractivity contribution is 0.230. The highest BCUT2D eigenvalue weighted by Gasteiger charge is 2.50. The maximum Gasteiger partial charge on any atom is 0.241 e. The molecule has 0 aromatic heterocycles. The maximum absolute atomic E-state index is 12.1. The highest BCUT2D eigenvalue weighted by Crippen LogP contribution is 2.47. The van der Waals surface area contributed by atoms with E-state index < -0.39 is 15.6 Å². The average molecular weight is 251 g/mol. The Bertz CT molecular complexity index is 575. The van der Waals surface area contributed by atoms with E-state index in [2.05, 4.69) is 11.3 Å². The van der Waals surface area contributed by atoms with Gasteiger partial charge in [0.15, 0.2) is 0 Å². The van der Waals surface area contributed by atoms with Crippen LogP contribution in [0.2, 0.25) is 0 Å². The largest absolute Gasteiger partial charge is 0.241 e. The second-order valence-corrected chi connectivity index (χ2v) is 6.80. The smallest absolute Gasteiger partial charge is 0.207 e. The van der Waals surface area contributed by atoms with Crippen molar-refractivity contribution in [2.75, 3.05) is 0 Å². The third-order valence-electron chi connectivity index (χ3n) is 3.85. The fraction of sp³-hybridized carbons (Fsp3) is 0.385. The topological polar surface area (TPSA) is 46.2 Å². The molecule has 1 heterocycles. The van der Waals surface area contributed by atoms with Gasteiger partial charge in [-0.2, -0.15) is 4.72 Å². The molecular weight excluding hydrogens is 234 g/mol. The van der Waals surface area contributed by atoms with Gasteiger partial charge >= 0.3 is 0 Å². The first-order valence-electron chi connectivity index (χ1n) is 5.52. The molecule has 1 aliphatic rings. The minimum Gasteiger partial charge on any atom is -0.207 e. The summed E-state index contributed by atoms with van der Waals surface area (Å²) in [6.45, 7) is 9.66. The third-order valence-corrected chi connectivity index (χ3v) is 5.46. The summed E-state index contributed by atoms with van der Waals surface area (Å²) in [5.41, 5.74) is -0.207. The first-order chi connectivity index (χ1) is 7.74. The average Bonchev–Trinajstić information content (AvgIpc) is 2.49. The molecule has 3 nitrogen and oxygen atoms in total. The van der Waals surface area contributed by atoms with Crippen LogP contribution in [0.1, 0.15) is 26.3 Å². The van der Waals surface area contributed by atoms with Crippen LogP contribution in [0.25, 0.3) is 0 Å². The van der Waals surface area contributed by atoms with Gasteiger partial charge in [0.2, 0.25) is 10.0 Å². The Hall–Kier alpha value is -1.13. The summed E-state index contributed by atoms with van der Waals surface area (Å²) in [5, 5.41) is 0. The van der Waals surface area contributed by atoms with E-state index in [-0.39, 0.29) is 5.41 Å². The molecule has 1 unspecified atom stereocenters. The highest BCUT2D eigenvalue weighted by molar-refractivity contribution is 7.89. The Kier molecular flexibility index (Phi) is 2.49. The summed E-state index contributed by atoms with van der Waals surface area (Å²) in [4.78, 5) is 0.373. The lowest BCUT2D eigenvalue weighted by Crippen LogP contribution is -2.47. The predicted octanol–water partition coefficient (Wildman–Crippen LogP) is 2.41. The van der Waals surface area contributed by atoms with Gasteiger partial charge in [-0.1, -0.05) is 38.1 Å². The van der Waals surface area contributed by atoms with E-state index in [9.17, 15) is 8.42 Å². The molecule has 4 heteroatoms. The summed E-state index contributed by atoms with van der Waals surface area (Å²) < 4.78 is 26.9. The summed E-state index contributed by atoms with van der Waals surface area (Å²) in [7, 11) is -3.40. The number of benzene rings is 1. The minimum atomic E-state index is -3.40. The van der Waals surface area contributed by atoms with Crippen LogP contribution in [-0.2, 0) is 15.6 Å². The molecule has 0 fully saturated rings. The zero-order chi connectivity index (χ0) is 12.9. The molecule has 0 spiro atoms. The van der Waals surface area contributed by atoms with Gasteiger partial charge in [0.25, 0.3) is 0 Å². The van der Waals surface area contributed by atoms with Crippen LogP contribution in [0, 0.1) is 5.41 Å². The Morgan fingerprint density at radius 1 is 1.35 bits per heavy atom. The second-order valence-electron chi connectivity index (χ2n) is 5.15. The van der Waals surface area contributed by atoms with Crippen LogP contribution < -0.4 is 4.72 Å². The molecule has 0 radical (unpaired) electrons. The Morgan fingerprint density at radius 3 is 2.53 bits per heavy atom. The van der Waals surface area contributed by atoms with Crippen molar-refractivity contribution in [2.45, 2.75) is 31.2 Å². The van der Waals surface area contributed by atoms with E-state index >= 15 is 0 Å². The van der Waals surface area contributed by atoms with Crippen molar-refractivity contribution in [1.82, 2.24) is 4.72 Å². The van der Waals surface area contributed by atoms with Gasteiger partial charge in [0.1, 0.15) is 0 Å². The molecule has 2 rings (SSSR count). The van der Waals surface area contributed by atoms with Crippen LogP contribution >= 0.6 is 0 Å². The van der Waals surface area contributed by atoms with Crippen LogP contribution in [0.4, 0.5) is 0 Å². The van der Waals surface area contributed by atoms with E-state index in [4.69, 9.17) is 0 Å². The molecule has 1 aromatic carbocycles. The summed E-state index contributed by atoms with van der Waals surface area (Å²) in [5.74, 6) is 0. The number of fused-ring (bicyclic) bond motifs is 1. The van der Waals surface area contributed by atoms with Crippen molar-refractivity contribution >= 4 is 10.0 Å². The standard InChI is InChI=1S/C13H17NO2S/c1-5-12(2,3)13(4)10-8-6-7-9-11(10)17(15,16)14-13/h5-9,14H,1H2,2-4H3. The van der Waals surface area contributed by atoms with Crippen molar-refractivity contribution < 1.29 is 8.42 Å². The molecule has 1 N–H and O–H groups in total. The fourth-order valence-corrected chi connectivity index (χ4v) is 4.02. The molecule has 0 amide bonds. The zero-order valence-electron chi connectivity index (χ0n) is 10.3. The SMILES string of the molecule is C=CC(C)(C)C1(C)NS(=O)(=O)c2ccccc21. The highest BCUT2D eigenvalue weighted by atomic mass is 32.2. The van der Waals surface area contributed by atoms with Crippen LogP contribution in [0.3, 0.4) is 0 Å². The quantitative estimate of drug-likeness (QED) is 0.820. The van der Waals surface area contributed by atoms with Crippen molar-refractivity contribution in [2.24, 2.45) is 5.41 Å². The van der Waals surface area contributed by atoms with Gasteiger partial charge in [-0.15, -0.1) is 6.58 Å². The first kappa shape index (κ1) is 12.3. The van der Waals surface area contributed by atoms with Crippen molar-refractivity contribution in [3.8, 4) is 0 Å². The van der Waals surface area contributed by atoms with Crippen molar-refractivity contribution in [3.05, 3.63) is 42.5 Å². The van der Waals surface area contributed by atoms with Crippen molar-refractivity contribution in [3.63, 3.8) is 0 Å². The van der Waals surface area contributed by atoms with Gasteiger partial charge in [0.05, 0.1) is 10.4 Å². The van der Waals surface area contributed by atoms with Gasteiger partial charge in [-0.05, 0) is 18.6 Å². The lowest BCUT2D eigenvalue weighted by Gasteiger charge is -2.39. The molecule has 0 saturated carbocycles. The van der Waals surface area contributed by atoms with Crippen LogP contribution in [-0.4, -0.2) is 8.42 Å². The molecule has 1 atom stereocenters. The molecule has 0 saturated heterocycles. The minimum absolute atomic E-state index is 0.368.